The first-order valence-corrected chi connectivity index (χ1v) is 8.14. The number of thiol groups is 1. The smallest absolute Gasteiger partial charge is 0.408 e. The van der Waals surface area contributed by atoms with Crippen LogP contribution >= 0.6 is 12.6 Å². The highest BCUT2D eigenvalue weighted by molar-refractivity contribution is 7.80. The maximum atomic E-state index is 11.7. The molecule has 1 heterocycles. The maximum Gasteiger partial charge on any atom is 0.408 e. The minimum absolute atomic E-state index is 0.0832. The Morgan fingerprint density at radius 1 is 1.21 bits per heavy atom. The number of carbonyl (C=O) groups excluding carboxylic acids is 2. The average molecular weight is 367 g/mol. The highest BCUT2D eigenvalue weighted by Gasteiger charge is 2.45. The minimum Gasteiger partial charge on any atom is -0.463 e. The van der Waals surface area contributed by atoms with Crippen LogP contribution in [0.3, 0.4) is 0 Å². The molecule has 0 bridgehead atoms. The van der Waals surface area contributed by atoms with Crippen LogP contribution in [-0.4, -0.2) is 76.0 Å². The molecule has 0 aromatic rings. The molecule has 5 atom stereocenters. The van der Waals surface area contributed by atoms with Gasteiger partial charge in [-0.25, -0.2) is 4.79 Å². The number of hydrogen-bond acceptors (Lipinski definition) is 9. The Labute approximate surface area is 145 Å². The Hall–Kier alpha value is -1.07. The van der Waals surface area contributed by atoms with Gasteiger partial charge in [-0.3, -0.25) is 4.79 Å². The Morgan fingerprint density at radius 3 is 2.38 bits per heavy atom. The van der Waals surface area contributed by atoms with E-state index in [1.54, 1.807) is 20.8 Å². The van der Waals surface area contributed by atoms with Gasteiger partial charge >= 0.3 is 12.1 Å². The van der Waals surface area contributed by atoms with Crippen LogP contribution in [0.25, 0.3) is 0 Å². The van der Waals surface area contributed by atoms with Crippen LogP contribution in [0.2, 0.25) is 0 Å². The molecule has 9 nitrogen and oxygen atoms in total. The molecule has 10 heteroatoms. The van der Waals surface area contributed by atoms with Gasteiger partial charge in [-0.15, -0.1) is 0 Å². The van der Waals surface area contributed by atoms with E-state index in [0.29, 0.717) is 5.75 Å². The van der Waals surface area contributed by atoms with Crippen molar-refractivity contribution in [3.63, 3.8) is 0 Å². The minimum atomic E-state index is -1.61. The van der Waals surface area contributed by atoms with Crippen molar-refractivity contribution in [2.45, 2.75) is 63.4 Å². The summed E-state index contributed by atoms with van der Waals surface area (Å²) in [6, 6.07) is -1.29. The van der Waals surface area contributed by atoms with Crippen molar-refractivity contribution >= 4 is 24.7 Å². The molecule has 0 aromatic carbocycles. The number of hydrogen-bond donors (Lipinski definition) is 5. The number of aliphatic hydroxyl groups is 3. The topological polar surface area (TPSA) is 135 Å². The third kappa shape index (κ3) is 6.44. The van der Waals surface area contributed by atoms with Gasteiger partial charge in [0.25, 0.3) is 0 Å². The molecule has 24 heavy (non-hydrogen) atoms. The molecular weight excluding hydrogens is 342 g/mol. The zero-order chi connectivity index (χ0) is 18.5. The van der Waals surface area contributed by atoms with Crippen molar-refractivity contribution in [3.05, 3.63) is 0 Å². The zero-order valence-corrected chi connectivity index (χ0v) is 14.7. The lowest BCUT2D eigenvalue weighted by atomic mass is 9.97. The number of ether oxygens (including phenoxy) is 3. The van der Waals surface area contributed by atoms with Gasteiger partial charge in [0.15, 0.2) is 6.29 Å². The van der Waals surface area contributed by atoms with E-state index in [2.05, 4.69) is 17.9 Å². The van der Waals surface area contributed by atoms with Crippen molar-refractivity contribution in [1.82, 2.24) is 5.32 Å². The van der Waals surface area contributed by atoms with E-state index in [-0.39, 0.29) is 13.0 Å². The van der Waals surface area contributed by atoms with Crippen LogP contribution in [0.1, 0.15) is 27.2 Å². The Morgan fingerprint density at radius 2 is 1.83 bits per heavy atom. The van der Waals surface area contributed by atoms with Gasteiger partial charge < -0.3 is 34.8 Å². The second-order valence-electron chi connectivity index (χ2n) is 6.37. The van der Waals surface area contributed by atoms with Crippen LogP contribution in [-0.2, 0) is 19.0 Å². The van der Waals surface area contributed by atoms with Gasteiger partial charge in [0.1, 0.15) is 36.6 Å². The molecule has 1 aliphatic heterocycles. The SMILES string of the molecule is CC(C)(C)OC(=O)N[C@H]1C(O)O[C@H](COC(=O)CCS)[C@@H](O)[C@@H]1O. The lowest BCUT2D eigenvalue weighted by Crippen LogP contribution is -2.64. The molecule has 0 spiro atoms. The van der Waals surface area contributed by atoms with Crippen molar-refractivity contribution in [2.75, 3.05) is 12.4 Å². The van der Waals surface area contributed by atoms with Crippen molar-refractivity contribution in [2.24, 2.45) is 0 Å². The molecule has 1 rings (SSSR count). The van der Waals surface area contributed by atoms with Crippen LogP contribution in [0.4, 0.5) is 4.79 Å². The van der Waals surface area contributed by atoms with E-state index in [1.165, 1.54) is 0 Å². The standard InChI is InChI=1S/C14H25NO8S/c1-14(2,3)23-13(20)15-9-11(18)10(17)7(22-12(9)19)6-21-8(16)4-5-24/h7,9-12,17-19,24H,4-6H2,1-3H3,(H,15,20)/t7-,9-,10-,11-,12?/m1/s1. The molecule has 1 saturated heterocycles. The summed E-state index contributed by atoms with van der Waals surface area (Å²) in [6.07, 6.45) is -6.54. The number of nitrogens with one attached hydrogen (secondary N) is 1. The lowest BCUT2D eigenvalue weighted by Gasteiger charge is -2.40. The fourth-order valence-electron chi connectivity index (χ4n) is 2.02. The summed E-state index contributed by atoms with van der Waals surface area (Å²) < 4.78 is 15.0. The van der Waals surface area contributed by atoms with Crippen LogP contribution < -0.4 is 5.32 Å². The molecule has 0 saturated carbocycles. The first-order valence-electron chi connectivity index (χ1n) is 7.51. The summed E-state index contributed by atoms with van der Waals surface area (Å²) in [5, 5.41) is 32.3. The molecule has 1 fully saturated rings. The van der Waals surface area contributed by atoms with E-state index in [0.717, 1.165) is 0 Å². The highest BCUT2D eigenvalue weighted by Crippen LogP contribution is 2.21. The first-order chi connectivity index (χ1) is 11.0. The number of alkyl carbamates (subject to hydrolysis) is 1. The normalized spacial score (nSPS) is 30.5. The Kier molecular flexibility index (Phi) is 7.74. The Bertz CT molecular complexity index is 441. The predicted molar refractivity (Wildman–Crippen MR) is 85.5 cm³/mol. The van der Waals surface area contributed by atoms with Gasteiger partial charge in [0, 0.05) is 5.75 Å². The molecule has 0 aromatic heterocycles. The largest absolute Gasteiger partial charge is 0.463 e. The molecular formula is C14H25NO8S. The fraction of sp³-hybridized carbons (Fsp3) is 0.857. The molecule has 4 N–H and O–H groups in total. The average Bonchev–Trinajstić information content (AvgIpc) is 2.44. The number of rotatable bonds is 5. The van der Waals surface area contributed by atoms with Gasteiger partial charge in [-0.05, 0) is 20.8 Å². The summed E-state index contributed by atoms with van der Waals surface area (Å²) in [7, 11) is 0. The third-order valence-corrected chi connectivity index (χ3v) is 3.35. The summed E-state index contributed by atoms with van der Waals surface area (Å²) in [5.41, 5.74) is -0.766. The molecule has 1 unspecified atom stereocenters. The van der Waals surface area contributed by atoms with E-state index >= 15 is 0 Å². The van der Waals surface area contributed by atoms with Crippen LogP contribution in [0.5, 0.6) is 0 Å². The molecule has 140 valence electrons. The molecule has 0 radical (unpaired) electrons. The third-order valence-electron chi connectivity index (χ3n) is 3.13. The van der Waals surface area contributed by atoms with Gasteiger partial charge in [0.2, 0.25) is 0 Å². The van der Waals surface area contributed by atoms with Crippen LogP contribution in [0, 0.1) is 0 Å². The predicted octanol–water partition coefficient (Wildman–Crippen LogP) is -0.818. The quantitative estimate of drug-likeness (QED) is 0.314. The van der Waals surface area contributed by atoms with Gasteiger partial charge in [-0.2, -0.15) is 12.6 Å². The van der Waals surface area contributed by atoms with E-state index in [9.17, 15) is 24.9 Å². The van der Waals surface area contributed by atoms with Crippen molar-refractivity contribution in [3.8, 4) is 0 Å². The van der Waals surface area contributed by atoms with Crippen LogP contribution in [0.15, 0.2) is 0 Å². The first kappa shape index (κ1) is 21.0. The summed E-state index contributed by atoms with van der Waals surface area (Å²) >= 11 is 3.89. The van der Waals surface area contributed by atoms with Gasteiger partial charge in [-0.1, -0.05) is 0 Å². The molecule has 0 aliphatic carbocycles. The second-order valence-corrected chi connectivity index (χ2v) is 6.82. The molecule has 1 aliphatic rings. The fourth-order valence-corrected chi connectivity index (χ4v) is 2.20. The second kappa shape index (κ2) is 8.86. The summed E-state index contributed by atoms with van der Waals surface area (Å²) in [5.74, 6) is -0.237. The number of carbonyl (C=O) groups is 2. The number of esters is 1. The van der Waals surface area contributed by atoms with Crippen molar-refractivity contribution < 1.29 is 39.1 Å². The Balaban J connectivity index is 2.60. The number of aliphatic hydroxyl groups excluding tert-OH is 3. The monoisotopic (exact) mass is 367 g/mol. The van der Waals surface area contributed by atoms with E-state index in [4.69, 9.17) is 14.2 Å². The highest BCUT2D eigenvalue weighted by atomic mass is 32.1. The summed E-state index contributed by atoms with van der Waals surface area (Å²) in [6.45, 7) is 4.61. The lowest BCUT2D eigenvalue weighted by molar-refractivity contribution is -0.255. The summed E-state index contributed by atoms with van der Waals surface area (Å²) in [4.78, 5) is 23.0. The van der Waals surface area contributed by atoms with E-state index < -0.39 is 48.3 Å². The zero-order valence-electron chi connectivity index (χ0n) is 13.8. The van der Waals surface area contributed by atoms with E-state index in [1.807, 2.05) is 0 Å². The maximum absolute atomic E-state index is 11.7. The van der Waals surface area contributed by atoms with Gasteiger partial charge in [0.05, 0.1) is 6.42 Å². The number of amides is 1. The molecule has 1 amide bonds. The van der Waals surface area contributed by atoms with Crippen molar-refractivity contribution in [1.29, 1.82) is 0 Å².